The summed E-state index contributed by atoms with van der Waals surface area (Å²) in [7, 11) is -4.85. The number of carboxylic acids is 1. The van der Waals surface area contributed by atoms with Gasteiger partial charge < -0.3 is 36.8 Å². The molecule has 3 atom stereocenters. The van der Waals surface area contributed by atoms with Gasteiger partial charge in [0.05, 0.1) is 12.1 Å². The van der Waals surface area contributed by atoms with Crippen LogP contribution in [0.15, 0.2) is 34.4 Å². The number of oxime groups is 1. The van der Waals surface area contributed by atoms with E-state index in [2.05, 4.69) is 25.8 Å². The quantitative estimate of drug-likeness (QED) is 0.0552. The van der Waals surface area contributed by atoms with Gasteiger partial charge in [0.25, 0.3) is 17.9 Å². The number of nitrogen functional groups attached to an aromatic ring is 1. The first kappa shape index (κ1) is 32.9. The molecule has 0 bridgehead atoms. The Balaban J connectivity index is 1.45. The number of amidine groups is 1. The van der Waals surface area contributed by atoms with E-state index in [4.69, 9.17) is 32.6 Å². The number of hydrogen-bond acceptors (Lipinski definition) is 13. The van der Waals surface area contributed by atoms with Crippen molar-refractivity contribution in [3.8, 4) is 5.75 Å². The van der Waals surface area contributed by atoms with Crippen molar-refractivity contribution in [3.05, 3.63) is 39.9 Å². The molecular formula is C24H29ClN8O9S2. The van der Waals surface area contributed by atoms with Gasteiger partial charge in [0, 0.05) is 5.56 Å². The molecule has 2 aliphatic rings. The molecule has 8 N–H and O–H groups in total. The average molecular weight is 673 g/mol. The maximum Gasteiger partial charge on any atom is 0.362 e. The van der Waals surface area contributed by atoms with E-state index in [1.165, 1.54) is 6.92 Å². The van der Waals surface area contributed by atoms with Crippen molar-refractivity contribution in [2.24, 2.45) is 15.9 Å². The van der Waals surface area contributed by atoms with Crippen LogP contribution in [0.1, 0.15) is 31.0 Å². The summed E-state index contributed by atoms with van der Waals surface area (Å²) in [5.74, 6) is -3.04. The lowest BCUT2D eigenvalue weighted by Crippen LogP contribution is -2.71. The number of carbonyl (C=O) groups excluding carboxylic acids is 2. The monoisotopic (exact) mass is 672 g/mol. The number of halogens is 1. The molecule has 2 saturated heterocycles. The summed E-state index contributed by atoms with van der Waals surface area (Å²) >= 11 is 6.91. The van der Waals surface area contributed by atoms with Gasteiger partial charge in [0.2, 0.25) is 0 Å². The number of carboxylic acid groups (broad SMARTS) is 1. The molecule has 3 heterocycles. The highest BCUT2D eigenvalue weighted by Gasteiger charge is 2.51. The second kappa shape index (κ2) is 13.7. The van der Waals surface area contributed by atoms with Gasteiger partial charge in [-0.15, -0.1) is 0 Å². The molecule has 238 valence electrons. The number of nitrogens with two attached hydrogens (primary N) is 2. The average Bonchev–Trinajstić information content (AvgIpc) is 3.30. The van der Waals surface area contributed by atoms with E-state index in [-0.39, 0.29) is 31.3 Å². The Hall–Kier alpha value is -4.04. The molecule has 2 aromatic rings. The minimum atomic E-state index is -4.85. The van der Waals surface area contributed by atoms with Gasteiger partial charge in [0.1, 0.15) is 34.3 Å². The maximum absolute atomic E-state index is 13.1. The summed E-state index contributed by atoms with van der Waals surface area (Å²) in [5, 5.41) is 18.8. The number of hydrogen-bond donors (Lipinski definition) is 6. The molecule has 2 aliphatic heterocycles. The zero-order valence-electron chi connectivity index (χ0n) is 23.0. The lowest BCUT2D eigenvalue weighted by molar-refractivity contribution is -0.152. The van der Waals surface area contributed by atoms with Crippen LogP contribution in [0.5, 0.6) is 5.75 Å². The van der Waals surface area contributed by atoms with Gasteiger partial charge in [-0.2, -0.15) is 8.42 Å². The fraction of sp³-hybridized carbons (Fsp3) is 0.417. The Kier molecular flexibility index (Phi) is 10.3. The molecular weight excluding hydrogens is 644 g/mol. The van der Waals surface area contributed by atoms with Crippen molar-refractivity contribution in [1.82, 2.24) is 19.9 Å². The highest BCUT2D eigenvalue weighted by molar-refractivity contribution is 7.84. The summed E-state index contributed by atoms with van der Waals surface area (Å²) in [6.07, 6.45) is 0.0475. The van der Waals surface area contributed by atoms with E-state index in [1.807, 2.05) is 0 Å². The van der Waals surface area contributed by atoms with Crippen molar-refractivity contribution >= 4 is 67.7 Å². The Morgan fingerprint density at radius 1 is 1.30 bits per heavy atom. The van der Waals surface area contributed by atoms with Gasteiger partial charge in [-0.05, 0) is 57.1 Å². The first-order valence-electron chi connectivity index (χ1n) is 13.0. The molecule has 44 heavy (non-hydrogen) atoms. The minimum absolute atomic E-state index is 0.0564. The first-order valence-corrected chi connectivity index (χ1v) is 15.6. The van der Waals surface area contributed by atoms with Crippen molar-refractivity contribution in [3.63, 3.8) is 0 Å². The molecule has 2 amide bonds. The maximum atomic E-state index is 13.1. The number of nitrogens with one attached hydrogen (secondary N) is 2. The molecule has 0 aliphatic carbocycles. The summed E-state index contributed by atoms with van der Waals surface area (Å²) in [6.45, 7) is 2.47. The molecule has 2 fully saturated rings. The number of aliphatic imine (C=N–C) groups is 1. The third-order valence-corrected chi connectivity index (χ3v) is 8.73. The molecule has 1 aromatic heterocycles. The van der Waals surface area contributed by atoms with Crippen LogP contribution < -0.4 is 26.8 Å². The first-order chi connectivity index (χ1) is 20.8. The predicted molar refractivity (Wildman–Crippen MR) is 159 cm³/mol. The number of piperidine rings is 1. The van der Waals surface area contributed by atoms with Crippen molar-refractivity contribution in [1.29, 1.82) is 0 Å². The van der Waals surface area contributed by atoms with Crippen molar-refractivity contribution in [2.45, 2.75) is 44.0 Å². The smallest absolute Gasteiger partial charge is 0.362 e. The number of amides is 2. The van der Waals surface area contributed by atoms with Gasteiger partial charge in [-0.25, -0.2) is 14.1 Å². The van der Waals surface area contributed by atoms with Crippen LogP contribution >= 0.6 is 22.9 Å². The van der Waals surface area contributed by atoms with Gasteiger partial charge in [-0.3, -0.25) is 19.1 Å². The number of ether oxygens (including phenoxy) is 1. The number of thiazole rings is 1. The van der Waals surface area contributed by atoms with E-state index < -0.39 is 58.6 Å². The summed E-state index contributed by atoms with van der Waals surface area (Å²) < 4.78 is 37.6. The lowest BCUT2D eigenvalue weighted by Gasteiger charge is -2.42. The van der Waals surface area contributed by atoms with Crippen LogP contribution in [0.25, 0.3) is 0 Å². The fourth-order valence-corrected chi connectivity index (χ4v) is 6.14. The molecule has 4 rings (SSSR count). The zero-order valence-corrected chi connectivity index (χ0v) is 25.4. The van der Waals surface area contributed by atoms with E-state index in [0.29, 0.717) is 11.4 Å². The number of carbonyl (C=O) groups is 3. The zero-order chi connectivity index (χ0) is 32.2. The van der Waals surface area contributed by atoms with E-state index in [0.717, 1.165) is 37.3 Å². The third-order valence-electron chi connectivity index (χ3n) is 6.64. The van der Waals surface area contributed by atoms with Gasteiger partial charge in [-0.1, -0.05) is 28.1 Å². The topological polar surface area (TPSA) is 261 Å². The summed E-state index contributed by atoms with van der Waals surface area (Å²) in [4.78, 5) is 50.8. The normalized spacial score (nSPS) is 20.5. The second-order valence-electron chi connectivity index (χ2n) is 9.68. The van der Waals surface area contributed by atoms with Crippen LogP contribution in [0.4, 0.5) is 5.13 Å². The Morgan fingerprint density at radius 3 is 2.50 bits per heavy atom. The van der Waals surface area contributed by atoms with Gasteiger partial charge in [0.15, 0.2) is 10.8 Å². The molecule has 0 spiro atoms. The Labute approximate surface area is 260 Å². The highest BCUT2D eigenvalue weighted by Crippen LogP contribution is 2.28. The molecule has 20 heteroatoms. The number of rotatable bonds is 12. The second-order valence-corrected chi connectivity index (χ2v) is 12.6. The Morgan fingerprint density at radius 2 is 1.95 bits per heavy atom. The van der Waals surface area contributed by atoms with Crippen LogP contribution in [0, 0.1) is 0 Å². The van der Waals surface area contributed by atoms with E-state index >= 15 is 0 Å². The van der Waals surface area contributed by atoms with Gasteiger partial charge >= 0.3 is 16.3 Å². The fourth-order valence-electron chi connectivity index (χ4n) is 4.33. The van der Waals surface area contributed by atoms with Crippen LogP contribution in [0.2, 0.25) is 4.34 Å². The standard InChI is InChI=1S/C24H29ClN8O9S2/c1-11-16(22(35)33(11)44(38,39)40)30-21(34)18(17-19(25)43-24(27)31-17)32-42-15(23(36)37)10-41-14-4-2-12(3-5-14)20(26)29-13-6-8-28-9-7-13/h2-5,11,13,15-16,28H,6-10H2,1H3,(H2,26,29)(H2,27,31)(H,30,34)(H,36,37)(H,38,39,40)/b32-18-/t11-,15?,16-/m0/s1. The third kappa shape index (κ3) is 7.72. The van der Waals surface area contributed by atoms with E-state index in [1.54, 1.807) is 24.3 Å². The van der Waals surface area contributed by atoms with Crippen molar-refractivity contribution < 1.29 is 42.0 Å². The number of benzene rings is 1. The predicted octanol–water partition coefficient (Wildman–Crippen LogP) is -0.393. The van der Waals surface area contributed by atoms with E-state index in [9.17, 15) is 32.5 Å². The van der Waals surface area contributed by atoms with Crippen molar-refractivity contribution in [2.75, 3.05) is 25.4 Å². The van der Waals surface area contributed by atoms with Crippen LogP contribution in [0.3, 0.4) is 0 Å². The number of anilines is 1. The molecule has 1 aromatic carbocycles. The van der Waals surface area contributed by atoms with Crippen LogP contribution in [-0.4, -0.2) is 101 Å². The molecule has 1 unspecified atom stereocenters. The van der Waals surface area contributed by atoms with Crippen LogP contribution in [-0.2, 0) is 29.5 Å². The number of aliphatic carboxylic acids is 1. The molecule has 17 nitrogen and oxygen atoms in total. The highest BCUT2D eigenvalue weighted by atomic mass is 35.5. The summed E-state index contributed by atoms with van der Waals surface area (Å²) in [5.41, 5.74) is 11.5. The minimum Gasteiger partial charge on any atom is -0.489 e. The number of nitrogens with zero attached hydrogens (tertiary/aromatic N) is 4. The lowest BCUT2D eigenvalue weighted by atomic mass is 10.0. The number of aromatic nitrogens is 1. The Bertz CT molecular complexity index is 1580. The SMILES string of the molecule is C[C@H]1[C@H](NC(=O)/C(=N\OC(COc2ccc(C(N)=NC3CCNCC3)cc2)C(=O)O)c2nc(N)sc2Cl)C(=O)N1S(=O)(=O)O. The summed E-state index contributed by atoms with van der Waals surface area (Å²) in [6, 6.07) is 4.12. The molecule has 0 saturated carbocycles. The molecule has 0 radical (unpaired) electrons. The number of β-lactam (4-membered cyclic amide) rings is 1. The largest absolute Gasteiger partial charge is 0.489 e.